The van der Waals surface area contributed by atoms with Gasteiger partial charge in [-0.25, -0.2) is 14.8 Å². The van der Waals surface area contributed by atoms with E-state index in [2.05, 4.69) is 76.2 Å². The van der Waals surface area contributed by atoms with Crippen LogP contribution in [0.4, 0.5) is 4.79 Å². The smallest absolute Gasteiger partial charge is 0.407 e. The van der Waals surface area contributed by atoms with Crippen molar-refractivity contribution < 1.29 is 28.6 Å². The standard InChI is InChI=1S/C54H68N8O6/c1-30(2)29-67-38-13-8-12-36(24-38)53-62-43-20-17-34(41-27-56-50(58-41)39-14-9-11-33(39)18-21-46(63)49(32(5)6)60-54(65)66-7)23-37(43)25-45(62)40-19-16-35(26-47(40)68-53)42-28-57-51(59-42)44-15-10-22-61(44)52(64)48(55)31(3)4/h8,12-13,17,20,23-28,30-33,39,44,48-49,53H,9-11,14-16,18-19,21-22,29,55H2,1-7H3,(H,56,58)(H,57,59)(H,60,65). The van der Waals surface area contributed by atoms with Crippen molar-refractivity contribution in [3.63, 3.8) is 0 Å². The second-order valence-corrected chi connectivity index (χ2v) is 20.4. The van der Waals surface area contributed by atoms with Crippen LogP contribution in [-0.4, -0.2) is 79.5 Å². The summed E-state index contributed by atoms with van der Waals surface area (Å²) in [6.45, 7) is 13.4. The van der Waals surface area contributed by atoms with E-state index in [0.29, 0.717) is 31.4 Å². The minimum absolute atomic E-state index is 0.0165. The Morgan fingerprint density at radius 2 is 1.71 bits per heavy atom. The van der Waals surface area contributed by atoms with Crippen LogP contribution in [0.5, 0.6) is 5.75 Å². The number of allylic oxidation sites excluding steroid dienone is 3. The van der Waals surface area contributed by atoms with Gasteiger partial charge in [0, 0.05) is 41.0 Å². The molecule has 1 saturated carbocycles. The summed E-state index contributed by atoms with van der Waals surface area (Å²) in [5, 5.41) is 3.83. The lowest BCUT2D eigenvalue weighted by Gasteiger charge is -2.33. The van der Waals surface area contributed by atoms with Gasteiger partial charge in [0.15, 0.2) is 5.78 Å². The SMILES string of the molecule is COC(=O)NC(C(=O)CCC1CCCC1c1ncc(-c2ccc3c(c2)cc2n3C(c3cccc(OCC(C)C)c3)OC3=C2CCC(c2cnc(C4CCCN4C(=O)C(N)C(C)C)[nH]2)=C3)[nH]1)C(C)C. The quantitative estimate of drug-likeness (QED) is 0.0748. The fraction of sp³-hybridized carbons (Fsp3) is 0.500. The zero-order valence-electron chi connectivity index (χ0n) is 40.6. The normalized spacial score (nSPS) is 21.2. The van der Waals surface area contributed by atoms with Gasteiger partial charge in [-0.1, -0.05) is 66.2 Å². The Morgan fingerprint density at radius 1 is 0.912 bits per heavy atom. The third kappa shape index (κ3) is 9.48. The number of aromatic amines is 2. The molecule has 5 N–H and O–H groups in total. The number of nitrogens with two attached hydrogens (primary N) is 1. The number of Topliss-reactive ketones (excluding diaryl/α,β-unsaturated/α-hetero) is 1. The van der Waals surface area contributed by atoms with Crippen LogP contribution in [-0.2, 0) is 19.1 Å². The Kier molecular flexibility index (Phi) is 13.7. The highest BCUT2D eigenvalue weighted by molar-refractivity contribution is 5.92. The summed E-state index contributed by atoms with van der Waals surface area (Å²) in [5.74, 6) is 4.37. The zero-order chi connectivity index (χ0) is 47.8. The number of H-pyrrole nitrogens is 2. The largest absolute Gasteiger partial charge is 0.493 e. The molecule has 0 radical (unpaired) electrons. The van der Waals surface area contributed by atoms with Crippen molar-refractivity contribution in [2.75, 3.05) is 20.3 Å². The van der Waals surface area contributed by atoms with E-state index in [1.807, 2.05) is 57.1 Å². The predicted octanol–water partition coefficient (Wildman–Crippen LogP) is 10.2. The van der Waals surface area contributed by atoms with Gasteiger partial charge in [-0.3, -0.25) is 9.59 Å². The number of ether oxygens (including phenoxy) is 3. The number of nitrogens with one attached hydrogen (secondary N) is 3. The van der Waals surface area contributed by atoms with E-state index in [1.54, 1.807) is 0 Å². The number of likely N-dealkylation sites (tertiary alicyclic amines) is 1. The number of ketones is 1. The first-order valence-electron chi connectivity index (χ1n) is 24.8. The summed E-state index contributed by atoms with van der Waals surface area (Å²) < 4.78 is 20.5. The van der Waals surface area contributed by atoms with Gasteiger partial charge in [-0.15, -0.1) is 0 Å². The maximum Gasteiger partial charge on any atom is 0.407 e. The maximum absolute atomic E-state index is 13.4. The van der Waals surface area contributed by atoms with Crippen LogP contribution in [0, 0.1) is 23.7 Å². The summed E-state index contributed by atoms with van der Waals surface area (Å²) in [6, 6.07) is 15.9. The molecule has 360 valence electrons. The molecule has 2 aliphatic heterocycles. The van der Waals surface area contributed by atoms with Crippen LogP contribution < -0.4 is 15.8 Å². The number of amides is 2. The fourth-order valence-electron chi connectivity index (χ4n) is 10.7. The summed E-state index contributed by atoms with van der Waals surface area (Å²) in [6.07, 6.45) is 12.6. The molecular weight excluding hydrogens is 857 g/mol. The minimum atomic E-state index is -0.582. The number of hydrogen-bond acceptors (Lipinski definition) is 9. The molecule has 6 atom stereocenters. The Hall–Kier alpha value is -6.15. The molecule has 2 aliphatic carbocycles. The van der Waals surface area contributed by atoms with Crippen LogP contribution >= 0.6 is 0 Å². The highest BCUT2D eigenvalue weighted by Crippen LogP contribution is 2.47. The van der Waals surface area contributed by atoms with E-state index >= 15 is 0 Å². The van der Waals surface area contributed by atoms with Crippen LogP contribution in [0.2, 0.25) is 0 Å². The van der Waals surface area contributed by atoms with Crippen molar-refractivity contribution in [2.45, 2.75) is 130 Å². The molecule has 3 aromatic heterocycles. The molecule has 0 bridgehead atoms. The number of carbonyl (C=O) groups excluding carboxylic acids is 3. The fourth-order valence-corrected chi connectivity index (χ4v) is 10.7. The molecule has 9 rings (SSSR count). The molecule has 0 spiro atoms. The maximum atomic E-state index is 13.4. The van der Waals surface area contributed by atoms with Crippen molar-refractivity contribution in [3.8, 4) is 17.0 Å². The van der Waals surface area contributed by atoms with Crippen LogP contribution in [0.25, 0.3) is 33.3 Å². The molecule has 2 amide bonds. The molecule has 5 aromatic rings. The van der Waals surface area contributed by atoms with E-state index < -0.39 is 24.4 Å². The second kappa shape index (κ2) is 19.8. The second-order valence-electron chi connectivity index (χ2n) is 20.4. The van der Waals surface area contributed by atoms with Crippen molar-refractivity contribution in [3.05, 3.63) is 101 Å². The number of benzene rings is 2. The average Bonchev–Trinajstić information content (AvgIpc) is 4.20. The lowest BCUT2D eigenvalue weighted by atomic mass is 9.88. The first-order chi connectivity index (χ1) is 32.8. The van der Waals surface area contributed by atoms with Crippen molar-refractivity contribution in [1.82, 2.24) is 34.7 Å². The van der Waals surface area contributed by atoms with E-state index in [4.69, 9.17) is 29.9 Å². The first-order valence-corrected chi connectivity index (χ1v) is 24.8. The monoisotopic (exact) mass is 925 g/mol. The number of methoxy groups -OCH3 is 1. The van der Waals surface area contributed by atoms with Crippen LogP contribution in [0.15, 0.2) is 72.8 Å². The molecule has 2 fully saturated rings. The summed E-state index contributed by atoms with van der Waals surface area (Å²) in [4.78, 5) is 57.6. The topological polar surface area (TPSA) is 182 Å². The van der Waals surface area contributed by atoms with E-state index in [1.165, 1.54) is 7.11 Å². The molecule has 2 aromatic carbocycles. The van der Waals surface area contributed by atoms with Crippen molar-refractivity contribution in [2.24, 2.45) is 29.4 Å². The predicted molar refractivity (Wildman–Crippen MR) is 263 cm³/mol. The average molecular weight is 925 g/mol. The summed E-state index contributed by atoms with van der Waals surface area (Å²) >= 11 is 0. The third-order valence-corrected chi connectivity index (χ3v) is 14.5. The first kappa shape index (κ1) is 46.9. The number of hydrogen-bond donors (Lipinski definition) is 4. The van der Waals surface area contributed by atoms with Gasteiger partial charge in [0.25, 0.3) is 0 Å². The molecule has 4 aliphatic rings. The number of carbonyl (C=O) groups is 3. The van der Waals surface area contributed by atoms with Crippen LogP contribution in [0.1, 0.15) is 146 Å². The molecule has 68 heavy (non-hydrogen) atoms. The molecular formula is C54H68N8O6. The number of aromatic nitrogens is 5. The Bertz CT molecular complexity index is 2720. The van der Waals surface area contributed by atoms with Gasteiger partial charge >= 0.3 is 6.09 Å². The van der Waals surface area contributed by atoms with Crippen molar-refractivity contribution in [1.29, 1.82) is 0 Å². The van der Waals surface area contributed by atoms with Gasteiger partial charge in [0.2, 0.25) is 12.1 Å². The number of fused-ring (bicyclic) bond motifs is 4. The minimum Gasteiger partial charge on any atom is -0.493 e. The van der Waals surface area contributed by atoms with Gasteiger partial charge in [0.1, 0.15) is 23.2 Å². The van der Waals surface area contributed by atoms with E-state index in [9.17, 15) is 14.4 Å². The van der Waals surface area contributed by atoms with Gasteiger partial charge in [0.05, 0.1) is 66.8 Å². The number of imidazole rings is 2. The van der Waals surface area contributed by atoms with Crippen LogP contribution in [0.3, 0.4) is 0 Å². The molecule has 14 heteroatoms. The molecule has 5 heterocycles. The Morgan fingerprint density at radius 3 is 2.49 bits per heavy atom. The Labute approximate surface area is 399 Å². The molecule has 6 unspecified atom stereocenters. The summed E-state index contributed by atoms with van der Waals surface area (Å²) in [7, 11) is 1.32. The Balaban J connectivity index is 0.999. The lowest BCUT2D eigenvalue weighted by Crippen LogP contribution is -2.46. The third-order valence-electron chi connectivity index (χ3n) is 14.5. The van der Waals surface area contributed by atoms with Gasteiger partial charge in [-0.05, 0) is 111 Å². The summed E-state index contributed by atoms with van der Waals surface area (Å²) in [5.41, 5.74) is 14.7. The number of nitrogens with zero attached hydrogens (tertiary/aromatic N) is 4. The number of rotatable bonds is 16. The van der Waals surface area contributed by atoms with E-state index in [0.717, 1.165) is 125 Å². The van der Waals surface area contributed by atoms with Gasteiger partial charge in [-0.2, -0.15) is 0 Å². The highest BCUT2D eigenvalue weighted by atomic mass is 16.5. The number of alkyl carbamates (subject to hydrolysis) is 1. The van der Waals surface area contributed by atoms with Crippen molar-refractivity contribution >= 4 is 39.8 Å². The molecule has 14 nitrogen and oxygen atoms in total. The molecule has 1 saturated heterocycles. The van der Waals surface area contributed by atoms with Gasteiger partial charge < -0.3 is 44.7 Å². The zero-order valence-corrected chi connectivity index (χ0v) is 40.6. The highest BCUT2D eigenvalue weighted by Gasteiger charge is 2.37. The van der Waals surface area contributed by atoms with E-state index in [-0.39, 0.29) is 35.5 Å². The lowest BCUT2D eigenvalue weighted by molar-refractivity contribution is -0.134.